The first-order valence-electron chi connectivity index (χ1n) is 8.53. The Morgan fingerprint density at radius 2 is 2.04 bits per heavy atom. The summed E-state index contributed by atoms with van der Waals surface area (Å²) in [6.07, 6.45) is 2.01. The lowest BCUT2D eigenvalue weighted by atomic mass is 10.2. The molecule has 0 fully saturated rings. The Morgan fingerprint density at radius 1 is 1.23 bits per heavy atom. The van der Waals surface area contributed by atoms with Crippen molar-refractivity contribution in [1.29, 1.82) is 0 Å². The summed E-state index contributed by atoms with van der Waals surface area (Å²) in [5, 5.41) is 9.05. The first-order valence-corrected chi connectivity index (χ1v) is 8.53. The van der Waals surface area contributed by atoms with Crippen LogP contribution in [-0.2, 0) is 16.1 Å². The van der Waals surface area contributed by atoms with Crippen molar-refractivity contribution >= 4 is 17.8 Å². The molecule has 1 aromatic heterocycles. The standard InChI is InChI=1S/C18H24N4O4/c1-2-25-11-6-10-22(14-17(23)20-16-9-12-26-21-16)18(24)19-13-15-7-4-3-5-8-15/h3-5,7-9,12H,2,6,10-11,13-14H2,1H3,(H,19,24)(H,20,21,23). The van der Waals surface area contributed by atoms with Crippen molar-refractivity contribution < 1.29 is 18.8 Å². The van der Waals surface area contributed by atoms with E-state index in [-0.39, 0.29) is 18.5 Å². The van der Waals surface area contributed by atoms with E-state index in [1.165, 1.54) is 17.2 Å². The van der Waals surface area contributed by atoms with Gasteiger partial charge in [-0.25, -0.2) is 4.79 Å². The molecular weight excluding hydrogens is 336 g/mol. The molecule has 8 nitrogen and oxygen atoms in total. The van der Waals surface area contributed by atoms with Crippen molar-refractivity contribution in [2.24, 2.45) is 0 Å². The zero-order valence-corrected chi connectivity index (χ0v) is 14.8. The van der Waals surface area contributed by atoms with Gasteiger partial charge in [-0.15, -0.1) is 0 Å². The molecule has 0 spiro atoms. The van der Waals surface area contributed by atoms with Crippen LogP contribution in [0.25, 0.3) is 0 Å². The lowest BCUT2D eigenvalue weighted by Crippen LogP contribution is -2.44. The fourth-order valence-electron chi connectivity index (χ4n) is 2.27. The number of rotatable bonds is 10. The maximum Gasteiger partial charge on any atom is 0.318 e. The molecular formula is C18H24N4O4. The van der Waals surface area contributed by atoms with E-state index >= 15 is 0 Å². The van der Waals surface area contributed by atoms with E-state index < -0.39 is 0 Å². The smallest absolute Gasteiger partial charge is 0.318 e. The number of urea groups is 1. The molecule has 8 heteroatoms. The predicted molar refractivity (Wildman–Crippen MR) is 96.5 cm³/mol. The molecule has 0 radical (unpaired) electrons. The van der Waals surface area contributed by atoms with E-state index in [2.05, 4.69) is 20.3 Å². The summed E-state index contributed by atoms with van der Waals surface area (Å²) in [6.45, 7) is 3.78. The maximum atomic E-state index is 12.5. The zero-order chi connectivity index (χ0) is 18.6. The SMILES string of the molecule is CCOCCCN(CC(=O)Nc1ccon1)C(=O)NCc1ccccc1. The quantitative estimate of drug-likeness (QED) is 0.634. The van der Waals surface area contributed by atoms with Gasteiger partial charge in [0.2, 0.25) is 5.91 Å². The normalized spacial score (nSPS) is 10.3. The first kappa shape index (κ1) is 19.5. The van der Waals surface area contributed by atoms with Crippen molar-refractivity contribution in [2.45, 2.75) is 19.9 Å². The number of aromatic nitrogens is 1. The molecule has 0 aliphatic heterocycles. The molecule has 2 rings (SSSR count). The van der Waals surface area contributed by atoms with Crippen molar-refractivity contribution in [2.75, 3.05) is 31.6 Å². The van der Waals surface area contributed by atoms with E-state index in [1.807, 2.05) is 37.3 Å². The van der Waals surface area contributed by atoms with Crippen LogP contribution in [0.3, 0.4) is 0 Å². The third kappa shape index (κ3) is 6.94. The van der Waals surface area contributed by atoms with Crippen LogP contribution in [0.15, 0.2) is 47.2 Å². The van der Waals surface area contributed by atoms with Gasteiger partial charge in [0.25, 0.3) is 0 Å². The molecule has 3 amide bonds. The van der Waals surface area contributed by atoms with Gasteiger partial charge < -0.3 is 24.8 Å². The van der Waals surface area contributed by atoms with E-state index in [4.69, 9.17) is 4.74 Å². The molecule has 2 aromatic rings. The first-order chi connectivity index (χ1) is 12.7. The number of hydrogen-bond donors (Lipinski definition) is 2. The number of benzene rings is 1. The van der Waals surface area contributed by atoms with Crippen molar-refractivity contribution in [3.63, 3.8) is 0 Å². The molecule has 0 unspecified atom stereocenters. The Bertz CT molecular complexity index is 661. The number of hydrogen-bond acceptors (Lipinski definition) is 5. The highest BCUT2D eigenvalue weighted by Crippen LogP contribution is 2.03. The third-order valence-electron chi connectivity index (χ3n) is 3.53. The summed E-state index contributed by atoms with van der Waals surface area (Å²) in [7, 11) is 0. The number of ether oxygens (including phenoxy) is 1. The van der Waals surface area contributed by atoms with E-state index in [9.17, 15) is 9.59 Å². The molecule has 0 saturated carbocycles. The molecule has 140 valence electrons. The highest BCUT2D eigenvalue weighted by atomic mass is 16.5. The van der Waals surface area contributed by atoms with Gasteiger partial charge in [-0.1, -0.05) is 35.5 Å². The lowest BCUT2D eigenvalue weighted by Gasteiger charge is -2.22. The number of amides is 3. The molecule has 1 heterocycles. The summed E-state index contributed by atoms with van der Waals surface area (Å²) in [4.78, 5) is 26.1. The number of nitrogens with one attached hydrogen (secondary N) is 2. The number of nitrogens with zero attached hydrogens (tertiary/aromatic N) is 2. The topological polar surface area (TPSA) is 96.7 Å². The van der Waals surface area contributed by atoms with E-state index in [0.29, 0.717) is 38.5 Å². The van der Waals surface area contributed by atoms with Crippen LogP contribution < -0.4 is 10.6 Å². The van der Waals surface area contributed by atoms with Gasteiger partial charge in [-0.3, -0.25) is 4.79 Å². The highest BCUT2D eigenvalue weighted by molar-refractivity contribution is 5.93. The Morgan fingerprint density at radius 3 is 2.73 bits per heavy atom. The van der Waals surface area contributed by atoms with E-state index in [1.54, 1.807) is 0 Å². The van der Waals surface area contributed by atoms with Crippen molar-refractivity contribution in [1.82, 2.24) is 15.4 Å². The van der Waals surface area contributed by atoms with Gasteiger partial charge in [-0.05, 0) is 18.9 Å². The Balaban J connectivity index is 1.88. The van der Waals surface area contributed by atoms with Gasteiger partial charge in [0.1, 0.15) is 12.8 Å². The fraction of sp³-hybridized carbons (Fsp3) is 0.389. The summed E-state index contributed by atoms with van der Waals surface area (Å²) in [5.41, 5.74) is 0.988. The highest BCUT2D eigenvalue weighted by Gasteiger charge is 2.17. The molecule has 2 N–H and O–H groups in total. The predicted octanol–water partition coefficient (Wildman–Crippen LogP) is 2.25. The van der Waals surface area contributed by atoms with Gasteiger partial charge in [-0.2, -0.15) is 0 Å². The van der Waals surface area contributed by atoms with Crippen LogP contribution in [0.1, 0.15) is 18.9 Å². The number of carbonyl (C=O) groups is 2. The summed E-state index contributed by atoms with van der Waals surface area (Å²) >= 11 is 0. The van der Waals surface area contributed by atoms with E-state index in [0.717, 1.165) is 5.56 Å². The second-order valence-electron chi connectivity index (χ2n) is 5.55. The van der Waals surface area contributed by atoms with Crippen LogP contribution in [0, 0.1) is 0 Å². The minimum atomic E-state index is -0.342. The van der Waals surface area contributed by atoms with Crippen LogP contribution >= 0.6 is 0 Å². The Hall–Kier alpha value is -2.87. The lowest BCUT2D eigenvalue weighted by molar-refractivity contribution is -0.116. The number of anilines is 1. The Kier molecular flexibility index (Phi) is 8.14. The van der Waals surface area contributed by atoms with Crippen LogP contribution in [0.5, 0.6) is 0 Å². The van der Waals surface area contributed by atoms with Crippen molar-refractivity contribution in [3.05, 3.63) is 48.2 Å². The average molecular weight is 360 g/mol. The van der Waals surface area contributed by atoms with Gasteiger partial charge in [0.15, 0.2) is 5.82 Å². The fourth-order valence-corrected chi connectivity index (χ4v) is 2.27. The second kappa shape index (κ2) is 10.9. The van der Waals surface area contributed by atoms with Crippen molar-refractivity contribution in [3.8, 4) is 0 Å². The monoisotopic (exact) mass is 360 g/mol. The zero-order valence-electron chi connectivity index (χ0n) is 14.8. The Labute approximate surface area is 152 Å². The maximum absolute atomic E-state index is 12.5. The van der Waals surface area contributed by atoms with Gasteiger partial charge in [0, 0.05) is 32.4 Å². The van der Waals surface area contributed by atoms with Gasteiger partial charge in [0.05, 0.1) is 0 Å². The molecule has 0 bridgehead atoms. The molecule has 0 aliphatic carbocycles. The largest absolute Gasteiger partial charge is 0.382 e. The van der Waals surface area contributed by atoms with Crippen LogP contribution in [-0.4, -0.2) is 48.3 Å². The number of carbonyl (C=O) groups excluding carboxylic acids is 2. The van der Waals surface area contributed by atoms with Crippen LogP contribution in [0.2, 0.25) is 0 Å². The summed E-state index contributed by atoms with van der Waals surface area (Å²) < 4.78 is 9.97. The second-order valence-corrected chi connectivity index (χ2v) is 5.55. The molecule has 26 heavy (non-hydrogen) atoms. The minimum absolute atomic E-state index is 0.0837. The molecule has 0 atom stereocenters. The third-order valence-corrected chi connectivity index (χ3v) is 3.53. The summed E-state index contributed by atoms with van der Waals surface area (Å²) in [5.74, 6) is -0.0286. The average Bonchev–Trinajstić information content (AvgIpc) is 3.16. The molecule has 0 saturated heterocycles. The van der Waals surface area contributed by atoms with Gasteiger partial charge >= 0.3 is 6.03 Å². The minimum Gasteiger partial charge on any atom is -0.382 e. The molecule has 1 aromatic carbocycles. The molecule has 0 aliphatic rings. The summed E-state index contributed by atoms with van der Waals surface area (Å²) in [6, 6.07) is 10.8. The van der Waals surface area contributed by atoms with Crippen LogP contribution in [0.4, 0.5) is 10.6 Å².